The van der Waals surface area contributed by atoms with Gasteiger partial charge in [-0.05, 0) is 138 Å². The molecule has 2 aromatic carbocycles. The number of allylic oxidation sites excluding steroid dienone is 4. The Hall–Kier alpha value is -4.39. The minimum atomic E-state index is -0.562. The summed E-state index contributed by atoms with van der Waals surface area (Å²) in [6, 6.07) is 9.23. The van der Waals surface area contributed by atoms with Crippen molar-refractivity contribution in [1.82, 2.24) is 29.5 Å². The molecule has 4 aromatic rings. The van der Waals surface area contributed by atoms with Gasteiger partial charge < -0.3 is 19.1 Å². The van der Waals surface area contributed by atoms with E-state index in [4.69, 9.17) is 21.3 Å². The maximum absolute atomic E-state index is 15.7. The molecule has 13 heteroatoms. The Balaban J connectivity index is 0.658. The summed E-state index contributed by atoms with van der Waals surface area (Å²) in [6.45, 7) is 4.93. The van der Waals surface area contributed by atoms with Crippen LogP contribution in [0.5, 0.6) is 0 Å². The van der Waals surface area contributed by atoms with Crippen LogP contribution in [0.3, 0.4) is 0 Å². The standard InChI is InChI=1S/C50H59ClFN7O4/c1-56-41-28-43(39(52)27-36(41)46(55-56)35-13-15-44(60)53-47(35)61)58-24-18-34(19-25-58)63-33-11-8-30(9-12-33)29-57-22-16-31(17-23-57)32-10-14-37-42(26-32)59-40-7-5-6-38(51)45(40)48(62)54-49(59)50(37)20-3-2-4-21-50/h5-7,10,14,27-28,30-35H,2-4,8-9,11-13,15-26,29H2,1H3,(H,53,60,61). The van der Waals surface area contributed by atoms with Crippen LogP contribution in [-0.4, -0.2) is 81.0 Å². The van der Waals surface area contributed by atoms with E-state index in [1.807, 2.05) is 25.2 Å². The maximum atomic E-state index is 15.7. The first-order valence-corrected chi connectivity index (χ1v) is 24.3. The molecule has 0 bridgehead atoms. The highest BCUT2D eigenvalue weighted by molar-refractivity contribution is 6.35. The van der Waals surface area contributed by atoms with E-state index in [0.29, 0.717) is 57.5 Å². The first-order valence-electron chi connectivity index (χ1n) is 23.9. The number of imide groups is 1. The highest BCUT2D eigenvalue weighted by atomic mass is 35.5. The Morgan fingerprint density at radius 2 is 1.67 bits per heavy atom. The van der Waals surface area contributed by atoms with Gasteiger partial charge in [-0.3, -0.25) is 24.4 Å². The van der Waals surface area contributed by atoms with Crippen molar-refractivity contribution in [3.8, 4) is 0 Å². The summed E-state index contributed by atoms with van der Waals surface area (Å²) < 4.78 is 26.5. The average molecular weight is 877 g/mol. The average Bonchev–Trinajstić information content (AvgIpc) is 3.74. The summed E-state index contributed by atoms with van der Waals surface area (Å²) in [4.78, 5) is 47.4. The van der Waals surface area contributed by atoms with E-state index in [1.165, 1.54) is 68.8 Å². The predicted molar refractivity (Wildman–Crippen MR) is 243 cm³/mol. The molecule has 11 nitrogen and oxygen atoms in total. The molecule has 1 spiro atoms. The summed E-state index contributed by atoms with van der Waals surface area (Å²) in [5, 5.41) is 8.68. The van der Waals surface area contributed by atoms with Gasteiger partial charge in [0.2, 0.25) is 11.8 Å². The Morgan fingerprint density at radius 1 is 0.905 bits per heavy atom. The number of benzene rings is 2. The SMILES string of the molecule is Cn1nc(C2CCC(=O)NC2=O)c2cc(F)c(N3CCC(OC4CCC(CN5CCC(C6C=CC7=C(C6)n6c(nc(=O)c8c(Cl)cccc86)C76CCCCC6)CC5)CC4)CC3)cc21. The van der Waals surface area contributed by atoms with Gasteiger partial charge in [-0.1, -0.05) is 49.1 Å². The number of aromatic nitrogens is 4. The van der Waals surface area contributed by atoms with Crippen LogP contribution in [-0.2, 0) is 26.8 Å². The van der Waals surface area contributed by atoms with Gasteiger partial charge in [0, 0.05) is 44.2 Å². The molecule has 3 saturated heterocycles. The third-order valence-corrected chi connectivity index (χ3v) is 16.6. The number of carbonyl (C=O) groups excluding carboxylic acids is 2. The fourth-order valence-corrected chi connectivity index (χ4v) is 13.2. The summed E-state index contributed by atoms with van der Waals surface area (Å²) in [5.41, 5.74) is 5.19. The minimum absolute atomic E-state index is 0.164. The first kappa shape index (κ1) is 41.3. The van der Waals surface area contributed by atoms with Crippen molar-refractivity contribution in [2.75, 3.05) is 37.6 Å². The van der Waals surface area contributed by atoms with Crippen molar-refractivity contribution >= 4 is 56.6 Å². The molecule has 5 fully saturated rings. The van der Waals surface area contributed by atoms with Gasteiger partial charge in [-0.15, -0.1) is 0 Å². The topological polar surface area (TPSA) is 115 Å². The zero-order valence-electron chi connectivity index (χ0n) is 36.4. The van der Waals surface area contributed by atoms with Crippen LogP contribution in [0, 0.1) is 23.6 Å². The van der Waals surface area contributed by atoms with Crippen LogP contribution in [0.2, 0.25) is 5.02 Å². The monoisotopic (exact) mass is 875 g/mol. The largest absolute Gasteiger partial charge is 0.375 e. The van der Waals surface area contributed by atoms with Crippen LogP contribution in [0.15, 0.2) is 52.9 Å². The second kappa shape index (κ2) is 16.6. The van der Waals surface area contributed by atoms with Crippen LogP contribution in [0.1, 0.15) is 120 Å². The van der Waals surface area contributed by atoms with E-state index in [2.05, 4.69) is 43.0 Å². The highest BCUT2D eigenvalue weighted by Crippen LogP contribution is 2.55. The van der Waals surface area contributed by atoms with Crippen molar-refractivity contribution < 1.29 is 18.7 Å². The van der Waals surface area contributed by atoms with E-state index in [9.17, 15) is 14.4 Å². The maximum Gasteiger partial charge on any atom is 0.282 e. The number of piperidine rings is 3. The molecular formula is C50H59ClFN7O4. The van der Waals surface area contributed by atoms with Gasteiger partial charge in [-0.2, -0.15) is 10.1 Å². The van der Waals surface area contributed by atoms with E-state index >= 15 is 4.39 Å². The quantitative estimate of drug-likeness (QED) is 0.184. The summed E-state index contributed by atoms with van der Waals surface area (Å²) in [7, 11) is 1.82. The van der Waals surface area contributed by atoms with Crippen LogP contribution < -0.4 is 15.8 Å². The lowest BCUT2D eigenvalue weighted by molar-refractivity contribution is -0.134. The number of amides is 2. The molecule has 7 aliphatic rings. The van der Waals surface area contributed by atoms with Gasteiger partial charge >= 0.3 is 0 Å². The molecule has 2 unspecified atom stereocenters. The van der Waals surface area contributed by atoms with E-state index in [0.717, 1.165) is 88.0 Å². The van der Waals surface area contributed by atoms with Crippen LogP contribution in [0.25, 0.3) is 27.5 Å². The Bertz CT molecular complexity index is 2590. The van der Waals surface area contributed by atoms with E-state index in [1.54, 1.807) is 4.68 Å². The molecule has 4 aliphatic heterocycles. The number of hydrogen-bond acceptors (Lipinski definition) is 8. The third kappa shape index (κ3) is 7.36. The molecule has 0 radical (unpaired) electrons. The lowest BCUT2D eigenvalue weighted by Crippen LogP contribution is -2.41. The number of halogens is 2. The van der Waals surface area contributed by atoms with E-state index < -0.39 is 5.92 Å². The number of likely N-dealkylation sites (tertiary alicyclic amines) is 1. The van der Waals surface area contributed by atoms with Crippen molar-refractivity contribution in [1.29, 1.82) is 0 Å². The van der Waals surface area contributed by atoms with Crippen LogP contribution in [0.4, 0.5) is 10.1 Å². The Morgan fingerprint density at radius 3 is 2.43 bits per heavy atom. The Labute approximate surface area is 373 Å². The molecular weight excluding hydrogens is 817 g/mol. The van der Waals surface area contributed by atoms with Gasteiger partial charge in [0.25, 0.3) is 5.56 Å². The second-order valence-corrected chi connectivity index (χ2v) is 20.3. The molecule has 63 heavy (non-hydrogen) atoms. The summed E-state index contributed by atoms with van der Waals surface area (Å²) in [6.07, 6.45) is 21.5. The molecule has 11 rings (SSSR count). The summed E-state index contributed by atoms with van der Waals surface area (Å²) >= 11 is 6.64. The van der Waals surface area contributed by atoms with Gasteiger partial charge in [-0.25, -0.2) is 4.39 Å². The number of aryl methyl sites for hydroxylation is 1. The molecule has 2 atom stereocenters. The Kier molecular flexibility index (Phi) is 10.9. The molecule has 2 amide bonds. The number of rotatable bonds is 7. The highest BCUT2D eigenvalue weighted by Gasteiger charge is 2.49. The number of nitrogens with one attached hydrogen (secondary N) is 1. The number of fused-ring (bicyclic) bond motifs is 7. The second-order valence-electron chi connectivity index (χ2n) is 19.9. The van der Waals surface area contributed by atoms with Gasteiger partial charge in [0.1, 0.15) is 11.6 Å². The molecule has 2 saturated carbocycles. The van der Waals surface area contributed by atoms with Crippen molar-refractivity contribution in [2.24, 2.45) is 24.8 Å². The minimum Gasteiger partial charge on any atom is -0.375 e. The number of hydrogen-bond donors (Lipinski definition) is 1. The lowest BCUT2D eigenvalue weighted by atomic mass is 9.67. The van der Waals surface area contributed by atoms with Crippen molar-refractivity contribution in [3.05, 3.63) is 80.8 Å². The molecule has 332 valence electrons. The number of nitrogens with zero attached hydrogens (tertiary/aromatic N) is 6. The van der Waals surface area contributed by atoms with Crippen molar-refractivity contribution in [3.63, 3.8) is 0 Å². The molecule has 3 aliphatic carbocycles. The zero-order chi connectivity index (χ0) is 43.0. The van der Waals surface area contributed by atoms with Crippen molar-refractivity contribution in [2.45, 2.75) is 126 Å². The molecule has 1 N–H and O–H groups in total. The van der Waals surface area contributed by atoms with Gasteiger partial charge in [0.05, 0.1) is 56.4 Å². The zero-order valence-corrected chi connectivity index (χ0v) is 37.2. The smallest absolute Gasteiger partial charge is 0.282 e. The number of carbonyl (C=O) groups is 2. The fraction of sp³-hybridized carbons (Fsp3) is 0.580. The summed E-state index contributed by atoms with van der Waals surface area (Å²) in [5.74, 6) is 1.27. The predicted octanol–water partition coefficient (Wildman–Crippen LogP) is 8.56. The number of anilines is 1. The lowest BCUT2D eigenvalue weighted by Gasteiger charge is -2.40. The number of ether oxygens (including phenoxy) is 1. The first-order chi connectivity index (χ1) is 30.6. The van der Waals surface area contributed by atoms with E-state index in [-0.39, 0.29) is 41.1 Å². The normalized spacial score (nSPS) is 27.1. The van der Waals surface area contributed by atoms with Gasteiger partial charge in [0.15, 0.2) is 0 Å². The fourth-order valence-electron chi connectivity index (χ4n) is 12.9. The third-order valence-electron chi connectivity index (χ3n) is 16.3. The molecule has 6 heterocycles. The molecule has 2 aromatic heterocycles. The van der Waals surface area contributed by atoms with Crippen LogP contribution >= 0.6 is 11.6 Å².